The van der Waals surface area contributed by atoms with Gasteiger partial charge in [-0.15, -0.1) is 0 Å². The molecule has 0 radical (unpaired) electrons. The third-order valence-electron chi connectivity index (χ3n) is 2.44. The molecule has 0 saturated carbocycles. The lowest BCUT2D eigenvalue weighted by Crippen LogP contribution is -2.32. The van der Waals surface area contributed by atoms with Gasteiger partial charge in [0.15, 0.2) is 0 Å². The van der Waals surface area contributed by atoms with Crippen LogP contribution in [0.15, 0.2) is 30.3 Å². The van der Waals surface area contributed by atoms with Crippen molar-refractivity contribution in [3.05, 3.63) is 35.9 Å². The van der Waals surface area contributed by atoms with Gasteiger partial charge >= 0.3 is 0 Å². The van der Waals surface area contributed by atoms with E-state index in [0.717, 1.165) is 13.0 Å². The number of hydrogen-bond donors (Lipinski definition) is 2. The molecule has 1 aromatic rings. The van der Waals surface area contributed by atoms with Gasteiger partial charge < -0.3 is 4.74 Å². The van der Waals surface area contributed by atoms with Crippen molar-refractivity contribution in [3.63, 3.8) is 0 Å². The maximum absolute atomic E-state index is 5.48. The summed E-state index contributed by atoms with van der Waals surface area (Å²) in [7, 11) is 0. The second-order valence-electron chi connectivity index (χ2n) is 3.43. The van der Waals surface area contributed by atoms with Crippen molar-refractivity contribution in [1.82, 2.24) is 10.9 Å². The van der Waals surface area contributed by atoms with Gasteiger partial charge in [0, 0.05) is 13.0 Å². The molecule has 76 valence electrons. The summed E-state index contributed by atoms with van der Waals surface area (Å²) in [5.41, 5.74) is 7.67. The highest BCUT2D eigenvalue weighted by molar-refractivity contribution is 5.19. The summed E-state index contributed by atoms with van der Waals surface area (Å²) in [6, 6.07) is 10.8. The number of hydrazine groups is 1. The zero-order valence-electron chi connectivity index (χ0n) is 8.36. The summed E-state index contributed by atoms with van der Waals surface area (Å²) in [5, 5.41) is 0. The molecule has 1 heterocycles. The van der Waals surface area contributed by atoms with E-state index in [2.05, 4.69) is 35.1 Å². The molecule has 3 nitrogen and oxygen atoms in total. The van der Waals surface area contributed by atoms with E-state index in [1.165, 1.54) is 5.56 Å². The molecular weight excluding hydrogens is 176 g/mol. The largest absolute Gasteiger partial charge is 0.362 e. The predicted octanol–water partition coefficient (Wildman–Crippen LogP) is 1.59. The van der Waals surface area contributed by atoms with Gasteiger partial charge in [-0.2, -0.15) is 0 Å². The van der Waals surface area contributed by atoms with Crippen LogP contribution in [0.2, 0.25) is 0 Å². The van der Waals surface area contributed by atoms with Gasteiger partial charge in [0.05, 0.1) is 6.04 Å². The molecule has 2 N–H and O–H groups in total. The minimum atomic E-state index is 0.144. The Bertz CT molecular complexity index is 276. The Morgan fingerprint density at radius 3 is 2.79 bits per heavy atom. The van der Waals surface area contributed by atoms with Crippen LogP contribution in [0.4, 0.5) is 0 Å². The monoisotopic (exact) mass is 192 g/mol. The fourth-order valence-electron chi connectivity index (χ4n) is 1.74. The highest BCUT2D eigenvalue weighted by Gasteiger charge is 2.24. The Hall–Kier alpha value is -0.900. The molecular formula is C11H16N2O. The summed E-state index contributed by atoms with van der Waals surface area (Å²) >= 11 is 0. The highest BCUT2D eigenvalue weighted by Crippen LogP contribution is 2.21. The molecule has 2 unspecified atom stereocenters. The first kappa shape index (κ1) is 9.65. The van der Waals surface area contributed by atoms with E-state index < -0.39 is 0 Å². The Balaban J connectivity index is 1.96. The molecule has 0 bridgehead atoms. The van der Waals surface area contributed by atoms with E-state index in [1.807, 2.05) is 13.0 Å². The Morgan fingerprint density at radius 1 is 1.29 bits per heavy atom. The molecule has 1 aliphatic rings. The van der Waals surface area contributed by atoms with Crippen molar-refractivity contribution in [1.29, 1.82) is 0 Å². The van der Waals surface area contributed by atoms with Crippen LogP contribution in [0.1, 0.15) is 24.9 Å². The zero-order valence-corrected chi connectivity index (χ0v) is 8.36. The molecule has 1 aliphatic heterocycles. The van der Waals surface area contributed by atoms with Crippen LogP contribution in [0, 0.1) is 0 Å². The lowest BCUT2D eigenvalue weighted by atomic mass is 10.1. The molecule has 2 atom stereocenters. The topological polar surface area (TPSA) is 33.3 Å². The second-order valence-corrected chi connectivity index (χ2v) is 3.43. The van der Waals surface area contributed by atoms with Crippen LogP contribution >= 0.6 is 0 Å². The molecule has 0 amide bonds. The summed E-state index contributed by atoms with van der Waals surface area (Å²) in [4.78, 5) is 0. The highest BCUT2D eigenvalue weighted by atomic mass is 16.5. The first-order valence-corrected chi connectivity index (χ1v) is 5.07. The van der Waals surface area contributed by atoms with Gasteiger partial charge in [0.25, 0.3) is 0 Å². The van der Waals surface area contributed by atoms with E-state index >= 15 is 0 Å². The third-order valence-corrected chi connectivity index (χ3v) is 2.44. The summed E-state index contributed by atoms with van der Waals surface area (Å²) < 4.78 is 5.48. The summed E-state index contributed by atoms with van der Waals surface area (Å²) in [6.45, 7) is 2.76. The summed E-state index contributed by atoms with van der Waals surface area (Å²) in [5.74, 6) is 0. The van der Waals surface area contributed by atoms with E-state index in [0.29, 0.717) is 6.04 Å². The van der Waals surface area contributed by atoms with Crippen molar-refractivity contribution in [2.24, 2.45) is 0 Å². The lowest BCUT2D eigenvalue weighted by Gasteiger charge is -2.09. The van der Waals surface area contributed by atoms with Crippen LogP contribution in [-0.4, -0.2) is 12.8 Å². The molecule has 1 aromatic carbocycles. The van der Waals surface area contributed by atoms with Crippen LogP contribution in [0.25, 0.3) is 0 Å². The SMILES string of the molecule is CCOC1CC(c2ccccc2)NN1. The number of ether oxygens (including phenoxy) is 1. The van der Waals surface area contributed by atoms with Gasteiger partial charge in [-0.25, -0.2) is 10.9 Å². The molecule has 3 heteroatoms. The Labute approximate surface area is 84.4 Å². The van der Waals surface area contributed by atoms with Gasteiger partial charge in [-0.3, -0.25) is 0 Å². The Morgan fingerprint density at radius 2 is 2.07 bits per heavy atom. The maximum atomic E-state index is 5.48. The van der Waals surface area contributed by atoms with E-state index in [9.17, 15) is 0 Å². The van der Waals surface area contributed by atoms with Crippen LogP contribution in [0.5, 0.6) is 0 Å². The minimum Gasteiger partial charge on any atom is -0.362 e. The van der Waals surface area contributed by atoms with Gasteiger partial charge in [-0.1, -0.05) is 30.3 Å². The minimum absolute atomic E-state index is 0.144. The molecule has 1 fully saturated rings. The lowest BCUT2D eigenvalue weighted by molar-refractivity contribution is 0.0483. The van der Waals surface area contributed by atoms with Crippen molar-refractivity contribution >= 4 is 0 Å². The summed E-state index contributed by atoms with van der Waals surface area (Å²) in [6.07, 6.45) is 1.13. The van der Waals surface area contributed by atoms with Gasteiger partial charge in [0.2, 0.25) is 0 Å². The van der Waals surface area contributed by atoms with Crippen LogP contribution in [-0.2, 0) is 4.74 Å². The Kier molecular flexibility index (Phi) is 3.14. The average Bonchev–Trinajstić information content (AvgIpc) is 2.68. The fourth-order valence-corrected chi connectivity index (χ4v) is 1.74. The zero-order chi connectivity index (χ0) is 9.80. The number of rotatable bonds is 3. The first-order chi connectivity index (χ1) is 6.90. The van der Waals surface area contributed by atoms with Crippen molar-refractivity contribution < 1.29 is 4.74 Å². The maximum Gasteiger partial charge on any atom is 0.122 e. The standard InChI is InChI=1S/C11H16N2O/c1-2-14-11-8-10(12-13-11)9-6-4-3-5-7-9/h3-7,10-13H,2,8H2,1H3. The van der Waals surface area contributed by atoms with Crippen molar-refractivity contribution in [2.45, 2.75) is 25.6 Å². The predicted molar refractivity (Wildman–Crippen MR) is 55.5 cm³/mol. The average molecular weight is 192 g/mol. The smallest absolute Gasteiger partial charge is 0.122 e. The fraction of sp³-hybridized carbons (Fsp3) is 0.455. The molecule has 14 heavy (non-hydrogen) atoms. The van der Waals surface area contributed by atoms with Crippen LogP contribution in [0.3, 0.4) is 0 Å². The number of hydrogen-bond acceptors (Lipinski definition) is 3. The molecule has 0 aromatic heterocycles. The number of nitrogens with one attached hydrogen (secondary N) is 2. The molecule has 1 saturated heterocycles. The third kappa shape index (κ3) is 2.12. The van der Waals surface area contributed by atoms with E-state index in [-0.39, 0.29) is 6.23 Å². The van der Waals surface area contributed by atoms with Crippen molar-refractivity contribution in [3.8, 4) is 0 Å². The molecule has 0 spiro atoms. The number of benzene rings is 1. The van der Waals surface area contributed by atoms with Crippen molar-refractivity contribution in [2.75, 3.05) is 6.61 Å². The molecule has 0 aliphatic carbocycles. The van der Waals surface area contributed by atoms with E-state index in [4.69, 9.17) is 4.74 Å². The van der Waals surface area contributed by atoms with Crippen LogP contribution < -0.4 is 10.9 Å². The van der Waals surface area contributed by atoms with Gasteiger partial charge in [-0.05, 0) is 12.5 Å². The quantitative estimate of drug-likeness (QED) is 0.763. The second kappa shape index (κ2) is 4.55. The first-order valence-electron chi connectivity index (χ1n) is 5.07. The molecule has 2 rings (SSSR count). The van der Waals surface area contributed by atoms with Gasteiger partial charge in [0.1, 0.15) is 6.23 Å². The van der Waals surface area contributed by atoms with E-state index in [1.54, 1.807) is 0 Å². The normalized spacial score (nSPS) is 26.6.